The van der Waals surface area contributed by atoms with Crippen molar-refractivity contribution >= 4 is 11.7 Å². The number of pyridine rings is 1. The highest BCUT2D eigenvalue weighted by atomic mass is 16.2. The number of fused-ring (bicyclic) bond motifs is 1. The van der Waals surface area contributed by atoms with Crippen LogP contribution in [0.4, 0.5) is 5.82 Å². The number of carbonyl (C=O) groups is 1. The normalized spacial score (nSPS) is 19.4. The summed E-state index contributed by atoms with van der Waals surface area (Å²) in [6.45, 7) is 3.18. The third kappa shape index (κ3) is 2.84. The van der Waals surface area contributed by atoms with E-state index in [4.69, 9.17) is 9.97 Å². The van der Waals surface area contributed by atoms with E-state index in [1.807, 2.05) is 23.1 Å². The minimum Gasteiger partial charge on any atom is -0.365 e. The molecule has 6 heteroatoms. The Morgan fingerprint density at radius 2 is 2.21 bits per heavy atom. The fourth-order valence-electron chi connectivity index (χ4n) is 3.52. The molecule has 6 nitrogen and oxygen atoms in total. The van der Waals surface area contributed by atoms with E-state index < -0.39 is 0 Å². The molecule has 2 aromatic heterocycles. The predicted octanol–water partition coefficient (Wildman–Crippen LogP) is 2.06. The lowest BCUT2D eigenvalue weighted by atomic mass is 10.2. The minimum absolute atomic E-state index is 0.140. The van der Waals surface area contributed by atoms with Crippen LogP contribution in [0.2, 0.25) is 0 Å². The number of hydrogen-bond acceptors (Lipinski definition) is 5. The highest BCUT2D eigenvalue weighted by molar-refractivity contribution is 5.73. The monoisotopic (exact) mass is 323 g/mol. The Labute approximate surface area is 141 Å². The molecule has 2 aromatic rings. The molecule has 1 amide bonds. The molecular formula is C18H21N5O. The van der Waals surface area contributed by atoms with Gasteiger partial charge in [0.05, 0.1) is 0 Å². The molecular weight excluding hydrogens is 302 g/mol. The first-order valence-electron chi connectivity index (χ1n) is 8.54. The molecule has 1 aliphatic carbocycles. The van der Waals surface area contributed by atoms with E-state index in [0.717, 1.165) is 56.0 Å². The molecule has 4 rings (SSSR count). The van der Waals surface area contributed by atoms with Gasteiger partial charge in [-0.05, 0) is 37.8 Å². The van der Waals surface area contributed by atoms with Gasteiger partial charge in [-0.3, -0.25) is 9.78 Å². The van der Waals surface area contributed by atoms with Crippen LogP contribution >= 0.6 is 0 Å². The molecule has 0 spiro atoms. The summed E-state index contributed by atoms with van der Waals surface area (Å²) in [5.41, 5.74) is 3.16. The summed E-state index contributed by atoms with van der Waals surface area (Å²) in [5, 5.41) is 3.56. The second-order valence-electron chi connectivity index (χ2n) is 6.48. The zero-order valence-electron chi connectivity index (χ0n) is 13.8. The average Bonchev–Trinajstić information content (AvgIpc) is 3.24. The first kappa shape index (κ1) is 15.1. The summed E-state index contributed by atoms with van der Waals surface area (Å²) in [6, 6.07) is 6.04. The molecule has 0 radical (unpaired) electrons. The number of nitrogens with one attached hydrogen (secondary N) is 1. The molecule has 1 aliphatic heterocycles. The summed E-state index contributed by atoms with van der Waals surface area (Å²) in [6.07, 6.45) is 5.85. The first-order chi connectivity index (χ1) is 11.7. The van der Waals surface area contributed by atoms with E-state index in [0.29, 0.717) is 5.82 Å². The number of aryl methyl sites for hydroxylation is 1. The molecule has 1 saturated heterocycles. The van der Waals surface area contributed by atoms with E-state index >= 15 is 0 Å². The van der Waals surface area contributed by atoms with Crippen LogP contribution in [-0.2, 0) is 17.6 Å². The van der Waals surface area contributed by atoms with Gasteiger partial charge < -0.3 is 10.2 Å². The van der Waals surface area contributed by atoms with Crippen LogP contribution < -0.4 is 5.32 Å². The topological polar surface area (TPSA) is 71.0 Å². The van der Waals surface area contributed by atoms with Crippen LogP contribution in [0.3, 0.4) is 0 Å². The first-order valence-corrected chi connectivity index (χ1v) is 8.54. The highest BCUT2D eigenvalue weighted by Gasteiger charge is 2.27. The van der Waals surface area contributed by atoms with Gasteiger partial charge in [0, 0.05) is 43.5 Å². The van der Waals surface area contributed by atoms with E-state index in [2.05, 4.69) is 10.3 Å². The Kier molecular flexibility index (Phi) is 3.88. The summed E-state index contributed by atoms with van der Waals surface area (Å²) >= 11 is 0. The smallest absolute Gasteiger partial charge is 0.219 e. The Morgan fingerprint density at radius 3 is 2.96 bits per heavy atom. The number of hydrogen-bond donors (Lipinski definition) is 1. The largest absolute Gasteiger partial charge is 0.365 e. The summed E-state index contributed by atoms with van der Waals surface area (Å²) in [5.74, 6) is 1.75. The predicted molar refractivity (Wildman–Crippen MR) is 91.6 cm³/mol. The summed E-state index contributed by atoms with van der Waals surface area (Å²) in [7, 11) is 0. The van der Waals surface area contributed by atoms with Crippen LogP contribution in [0.15, 0.2) is 24.4 Å². The number of aromatic nitrogens is 3. The number of nitrogens with zero attached hydrogens (tertiary/aromatic N) is 4. The molecule has 0 saturated carbocycles. The van der Waals surface area contributed by atoms with Gasteiger partial charge in [-0.25, -0.2) is 9.97 Å². The number of anilines is 1. The van der Waals surface area contributed by atoms with Crippen molar-refractivity contribution in [3.63, 3.8) is 0 Å². The van der Waals surface area contributed by atoms with E-state index in [-0.39, 0.29) is 11.9 Å². The van der Waals surface area contributed by atoms with Gasteiger partial charge in [-0.1, -0.05) is 6.07 Å². The molecule has 0 unspecified atom stereocenters. The van der Waals surface area contributed by atoms with Gasteiger partial charge in [0.1, 0.15) is 11.5 Å². The van der Waals surface area contributed by atoms with Crippen molar-refractivity contribution in [3.8, 4) is 11.5 Å². The lowest BCUT2D eigenvalue weighted by Crippen LogP contribution is -2.30. The lowest BCUT2D eigenvalue weighted by Gasteiger charge is -2.18. The molecule has 1 N–H and O–H groups in total. The maximum absolute atomic E-state index is 11.5. The van der Waals surface area contributed by atoms with Crippen molar-refractivity contribution in [3.05, 3.63) is 35.7 Å². The van der Waals surface area contributed by atoms with Gasteiger partial charge in [0.15, 0.2) is 5.82 Å². The number of rotatable bonds is 3. The van der Waals surface area contributed by atoms with Crippen molar-refractivity contribution in [2.45, 2.75) is 38.6 Å². The quantitative estimate of drug-likeness (QED) is 0.936. The Balaban J connectivity index is 1.63. The number of likely N-dealkylation sites (tertiary alicyclic amines) is 1. The van der Waals surface area contributed by atoms with E-state index in [1.54, 1.807) is 13.1 Å². The molecule has 3 heterocycles. The van der Waals surface area contributed by atoms with Crippen LogP contribution in [0.5, 0.6) is 0 Å². The fraction of sp³-hybridized carbons (Fsp3) is 0.444. The van der Waals surface area contributed by atoms with Crippen molar-refractivity contribution < 1.29 is 4.79 Å². The third-order valence-corrected chi connectivity index (χ3v) is 4.80. The standard InChI is InChI=1S/C18H21N5O/c1-12(24)23-10-8-13(11-23)20-17-14-5-4-7-15(14)21-18(22-17)16-6-2-3-9-19-16/h2-3,6,9,13H,4-5,7-8,10-11H2,1H3,(H,20,21,22)/t13-/m1/s1. The Bertz CT molecular complexity index is 762. The molecule has 1 atom stereocenters. The van der Waals surface area contributed by atoms with Crippen LogP contribution in [0, 0.1) is 0 Å². The number of amides is 1. The van der Waals surface area contributed by atoms with Gasteiger partial charge in [-0.2, -0.15) is 0 Å². The maximum atomic E-state index is 11.5. The second kappa shape index (κ2) is 6.19. The van der Waals surface area contributed by atoms with Gasteiger partial charge in [0.2, 0.25) is 5.91 Å². The molecule has 24 heavy (non-hydrogen) atoms. The molecule has 2 aliphatic rings. The third-order valence-electron chi connectivity index (χ3n) is 4.80. The summed E-state index contributed by atoms with van der Waals surface area (Å²) in [4.78, 5) is 27.3. The van der Waals surface area contributed by atoms with Gasteiger partial charge >= 0.3 is 0 Å². The van der Waals surface area contributed by atoms with Crippen LogP contribution in [0.1, 0.15) is 31.0 Å². The summed E-state index contributed by atoms with van der Waals surface area (Å²) < 4.78 is 0. The van der Waals surface area contributed by atoms with E-state index in [9.17, 15) is 4.79 Å². The maximum Gasteiger partial charge on any atom is 0.219 e. The highest BCUT2D eigenvalue weighted by Crippen LogP contribution is 2.29. The SMILES string of the molecule is CC(=O)N1CC[C@@H](Nc2nc(-c3ccccn3)nc3c2CCC3)C1. The van der Waals surface area contributed by atoms with E-state index in [1.165, 1.54) is 5.56 Å². The zero-order chi connectivity index (χ0) is 16.5. The van der Waals surface area contributed by atoms with Gasteiger partial charge in [-0.15, -0.1) is 0 Å². The molecule has 124 valence electrons. The second-order valence-corrected chi connectivity index (χ2v) is 6.48. The average molecular weight is 323 g/mol. The fourth-order valence-corrected chi connectivity index (χ4v) is 3.52. The van der Waals surface area contributed by atoms with Crippen molar-refractivity contribution in [2.75, 3.05) is 18.4 Å². The van der Waals surface area contributed by atoms with Crippen LogP contribution in [-0.4, -0.2) is 44.9 Å². The number of carbonyl (C=O) groups excluding carboxylic acids is 1. The zero-order valence-corrected chi connectivity index (χ0v) is 13.8. The Hall–Kier alpha value is -2.50. The van der Waals surface area contributed by atoms with Gasteiger partial charge in [0.25, 0.3) is 0 Å². The molecule has 0 bridgehead atoms. The van der Waals surface area contributed by atoms with Crippen LogP contribution in [0.25, 0.3) is 11.5 Å². The van der Waals surface area contributed by atoms with Crippen molar-refractivity contribution in [2.24, 2.45) is 0 Å². The molecule has 0 aromatic carbocycles. The van der Waals surface area contributed by atoms with Crippen molar-refractivity contribution in [1.29, 1.82) is 0 Å². The minimum atomic E-state index is 0.140. The Morgan fingerprint density at radius 1 is 1.29 bits per heavy atom. The lowest BCUT2D eigenvalue weighted by molar-refractivity contribution is -0.127. The van der Waals surface area contributed by atoms with Crippen molar-refractivity contribution in [1.82, 2.24) is 19.9 Å². The molecule has 1 fully saturated rings.